The fourth-order valence-corrected chi connectivity index (χ4v) is 2.34. The molecule has 0 aliphatic carbocycles. The average Bonchev–Trinajstić information content (AvgIpc) is 2.60. The third-order valence-electron chi connectivity index (χ3n) is 3.87. The van der Waals surface area contributed by atoms with Crippen LogP contribution in [-0.2, 0) is 4.74 Å². The number of aliphatic imine (C=N–C) groups is 2. The van der Waals surface area contributed by atoms with Gasteiger partial charge in [-0.15, -0.1) is 0 Å². The van der Waals surface area contributed by atoms with Crippen LogP contribution >= 0.6 is 0 Å². The summed E-state index contributed by atoms with van der Waals surface area (Å²) in [7, 11) is 1.37. The Bertz CT molecular complexity index is 707. The van der Waals surface area contributed by atoms with E-state index in [4.69, 9.17) is 9.47 Å². The largest absolute Gasteiger partial charge is 0.497 e. The number of ether oxygens (including phenoxy) is 2. The van der Waals surface area contributed by atoms with Gasteiger partial charge >= 0.3 is 18.0 Å². The van der Waals surface area contributed by atoms with E-state index in [0.29, 0.717) is 5.75 Å². The number of rotatable bonds is 4. The first kappa shape index (κ1) is 20.8. The lowest BCUT2D eigenvalue weighted by Gasteiger charge is -2.36. The summed E-state index contributed by atoms with van der Waals surface area (Å²) in [4.78, 5) is 6.88. The Kier molecular flexibility index (Phi) is 5.62. The van der Waals surface area contributed by atoms with Gasteiger partial charge in [0.25, 0.3) is 6.02 Å². The van der Waals surface area contributed by atoms with Gasteiger partial charge in [-0.1, -0.05) is 0 Å². The third kappa shape index (κ3) is 3.81. The molecule has 0 bridgehead atoms. The maximum absolute atomic E-state index is 13.5. The van der Waals surface area contributed by atoms with E-state index in [1.54, 1.807) is 13.8 Å². The molecule has 1 aromatic rings. The molecule has 1 aromatic carbocycles. The van der Waals surface area contributed by atoms with E-state index in [0.717, 1.165) is 4.90 Å². The molecule has 0 fully saturated rings. The number of methoxy groups -OCH3 is 1. The molecule has 2 rings (SSSR count). The second-order valence-corrected chi connectivity index (χ2v) is 5.48. The van der Waals surface area contributed by atoms with Crippen molar-refractivity contribution in [1.29, 1.82) is 0 Å². The second kappa shape index (κ2) is 7.28. The highest BCUT2D eigenvalue weighted by molar-refractivity contribution is 6.03. The highest BCUT2D eigenvalue weighted by Crippen LogP contribution is 2.48. The predicted octanol–water partition coefficient (Wildman–Crippen LogP) is 3.99. The second-order valence-electron chi connectivity index (χ2n) is 5.48. The van der Waals surface area contributed by atoms with Crippen LogP contribution in [0.4, 0.5) is 26.3 Å². The first-order chi connectivity index (χ1) is 12.5. The Hall–Kier alpha value is -2.46. The summed E-state index contributed by atoms with van der Waals surface area (Å²) in [6.07, 6.45) is -11.6. The number of benzene rings is 1. The van der Waals surface area contributed by atoms with Crippen LogP contribution in [0.2, 0.25) is 0 Å². The van der Waals surface area contributed by atoms with E-state index in [-0.39, 0.29) is 18.7 Å². The quantitative estimate of drug-likeness (QED) is 0.722. The number of hydrogen-bond donors (Lipinski definition) is 0. The van der Waals surface area contributed by atoms with Crippen molar-refractivity contribution in [3.63, 3.8) is 0 Å². The van der Waals surface area contributed by atoms with Crippen molar-refractivity contribution in [3.05, 3.63) is 29.8 Å². The lowest BCUT2D eigenvalue weighted by Crippen LogP contribution is -2.58. The predicted molar refractivity (Wildman–Crippen MR) is 85.8 cm³/mol. The third-order valence-corrected chi connectivity index (χ3v) is 3.87. The molecule has 27 heavy (non-hydrogen) atoms. The molecule has 0 aromatic heterocycles. The molecular weight excluding hydrogens is 380 g/mol. The lowest BCUT2D eigenvalue weighted by atomic mass is 10.1. The summed E-state index contributed by atoms with van der Waals surface area (Å²) in [5.41, 5.74) is -4.72. The van der Waals surface area contributed by atoms with Crippen LogP contribution < -0.4 is 4.74 Å². The summed E-state index contributed by atoms with van der Waals surface area (Å²) in [6.45, 7) is 3.29. The zero-order valence-corrected chi connectivity index (χ0v) is 14.6. The molecule has 1 heterocycles. The normalized spacial score (nSPS) is 16.9. The Morgan fingerprint density at radius 2 is 1.48 bits per heavy atom. The van der Waals surface area contributed by atoms with Crippen molar-refractivity contribution in [1.82, 2.24) is 4.90 Å². The molecule has 0 N–H and O–H groups in total. The van der Waals surface area contributed by atoms with Crippen molar-refractivity contribution in [2.24, 2.45) is 9.98 Å². The van der Waals surface area contributed by atoms with Crippen molar-refractivity contribution in [3.8, 4) is 5.75 Å². The van der Waals surface area contributed by atoms with Gasteiger partial charge in [-0.05, 0) is 38.1 Å². The van der Waals surface area contributed by atoms with Crippen LogP contribution in [0.25, 0.3) is 0 Å². The topological polar surface area (TPSA) is 46.4 Å². The van der Waals surface area contributed by atoms with Crippen LogP contribution in [-0.4, -0.2) is 55.0 Å². The zero-order chi connectivity index (χ0) is 20.5. The van der Waals surface area contributed by atoms with E-state index in [1.165, 1.54) is 31.4 Å². The van der Waals surface area contributed by atoms with Gasteiger partial charge in [0.1, 0.15) is 5.75 Å². The van der Waals surface area contributed by atoms with Crippen LogP contribution in [0.5, 0.6) is 5.75 Å². The molecule has 0 amide bonds. The fourth-order valence-electron chi connectivity index (χ4n) is 2.34. The van der Waals surface area contributed by atoms with Crippen molar-refractivity contribution in [2.45, 2.75) is 31.9 Å². The Balaban J connectivity index is 2.68. The monoisotopic (exact) mass is 397 g/mol. The summed E-state index contributed by atoms with van der Waals surface area (Å²) >= 11 is 0. The molecule has 0 radical (unpaired) electrons. The maximum Gasteiger partial charge on any atom is 0.443 e. The van der Waals surface area contributed by atoms with Gasteiger partial charge in [0.2, 0.25) is 5.90 Å². The molecule has 0 unspecified atom stereocenters. The van der Waals surface area contributed by atoms with Gasteiger partial charge in [-0.25, -0.2) is 4.99 Å². The van der Waals surface area contributed by atoms with E-state index < -0.39 is 29.9 Å². The Morgan fingerprint density at radius 3 is 1.89 bits per heavy atom. The summed E-state index contributed by atoms with van der Waals surface area (Å²) in [5.74, 6) is -0.463. The first-order valence-electron chi connectivity index (χ1n) is 7.89. The smallest absolute Gasteiger partial charge is 0.443 e. The van der Waals surface area contributed by atoms with Gasteiger partial charge in [-0.2, -0.15) is 31.3 Å². The Labute approximate surface area is 151 Å². The minimum atomic E-state index is -5.81. The molecule has 150 valence electrons. The Morgan fingerprint density at radius 1 is 0.963 bits per heavy atom. The van der Waals surface area contributed by atoms with Gasteiger partial charge in [0, 0.05) is 18.7 Å². The first-order valence-corrected chi connectivity index (χ1v) is 7.89. The van der Waals surface area contributed by atoms with Crippen LogP contribution in [0.15, 0.2) is 34.3 Å². The van der Waals surface area contributed by atoms with Crippen molar-refractivity contribution in [2.75, 3.05) is 20.2 Å². The fraction of sp³-hybridized carbons (Fsp3) is 0.500. The number of nitrogens with zero attached hydrogens (tertiary/aromatic N) is 3. The molecule has 0 saturated carbocycles. The summed E-state index contributed by atoms with van der Waals surface area (Å²) < 4.78 is 91.2. The minimum Gasteiger partial charge on any atom is -0.497 e. The SMILES string of the molecule is CCN(CC)C1=NC(C(F)(F)F)(C(F)(F)F)N=C(c2ccc(OC)cc2)O1. The van der Waals surface area contributed by atoms with Crippen molar-refractivity contribution >= 4 is 11.9 Å². The standard InChI is InChI=1S/C16H17F6N3O2/c1-4-25(5-2)13-24-14(15(17,18)19,16(20,21)22)23-12(27-13)10-6-8-11(26-3)9-7-10/h6-9H,4-5H2,1-3H3. The lowest BCUT2D eigenvalue weighted by molar-refractivity contribution is -0.293. The maximum atomic E-state index is 13.5. The molecule has 1 aliphatic heterocycles. The summed E-state index contributed by atoms with van der Waals surface area (Å²) in [5, 5.41) is 0. The van der Waals surface area contributed by atoms with Crippen LogP contribution in [0.3, 0.4) is 0 Å². The van der Waals surface area contributed by atoms with E-state index in [9.17, 15) is 26.3 Å². The summed E-state index contributed by atoms with van der Waals surface area (Å²) in [6, 6.07) is 4.44. The minimum absolute atomic E-state index is 0.0757. The molecule has 0 spiro atoms. The van der Waals surface area contributed by atoms with Crippen molar-refractivity contribution < 1.29 is 35.8 Å². The van der Waals surface area contributed by atoms with Crippen LogP contribution in [0, 0.1) is 0 Å². The molecular formula is C16H17F6N3O2. The number of amidine groups is 1. The average molecular weight is 397 g/mol. The zero-order valence-electron chi connectivity index (χ0n) is 14.6. The highest BCUT2D eigenvalue weighted by Gasteiger charge is 2.74. The number of halogens is 6. The highest BCUT2D eigenvalue weighted by atomic mass is 19.4. The molecule has 1 aliphatic rings. The molecule has 11 heteroatoms. The molecule has 0 atom stereocenters. The molecule has 0 saturated heterocycles. The van der Waals surface area contributed by atoms with E-state index in [1.807, 2.05) is 0 Å². The van der Waals surface area contributed by atoms with Gasteiger partial charge in [0.05, 0.1) is 7.11 Å². The van der Waals surface area contributed by atoms with Gasteiger partial charge in [-0.3, -0.25) is 0 Å². The van der Waals surface area contributed by atoms with E-state index in [2.05, 4.69) is 9.98 Å². The van der Waals surface area contributed by atoms with Gasteiger partial charge < -0.3 is 14.4 Å². The number of alkyl halides is 6. The number of hydrogen-bond acceptors (Lipinski definition) is 5. The van der Waals surface area contributed by atoms with Crippen LogP contribution in [0.1, 0.15) is 19.4 Å². The van der Waals surface area contributed by atoms with Gasteiger partial charge in [0.15, 0.2) is 0 Å². The van der Waals surface area contributed by atoms with E-state index >= 15 is 0 Å². The molecule has 5 nitrogen and oxygen atoms in total.